The Morgan fingerprint density at radius 3 is 1.95 bits per heavy atom. The average molecular weight is 304 g/mol. The van der Waals surface area contributed by atoms with E-state index in [4.69, 9.17) is 0 Å². The Morgan fingerprint density at radius 1 is 0.818 bits per heavy atom. The van der Waals surface area contributed by atoms with Crippen molar-refractivity contribution in [2.45, 2.75) is 71.1 Å². The fourth-order valence-electron chi connectivity index (χ4n) is 2.34. The van der Waals surface area contributed by atoms with Crippen LogP contribution in [-0.4, -0.2) is 12.6 Å². The molecule has 0 aliphatic heterocycles. The molecule has 0 saturated heterocycles. The first-order chi connectivity index (χ1) is 10.8. The minimum Gasteiger partial charge on any atom is -0.225 e. The van der Waals surface area contributed by atoms with Gasteiger partial charge in [0.2, 0.25) is 0 Å². The van der Waals surface area contributed by atoms with Crippen molar-refractivity contribution < 1.29 is 4.39 Å². The second kappa shape index (κ2) is 13.2. The van der Waals surface area contributed by atoms with Crippen molar-refractivity contribution in [3.8, 4) is 0 Å². The summed E-state index contributed by atoms with van der Waals surface area (Å²) in [5.74, 6) is -0.249. The smallest absolute Gasteiger partial charge is 0.123 e. The molecule has 0 saturated carbocycles. The van der Waals surface area contributed by atoms with Crippen LogP contribution in [0.3, 0.4) is 0 Å². The van der Waals surface area contributed by atoms with Crippen LogP contribution < -0.4 is 0 Å². The van der Waals surface area contributed by atoms with Gasteiger partial charge in [0.05, 0.1) is 11.7 Å². The number of nitrogens with zero attached hydrogens (tertiary/aromatic N) is 2. The second-order valence-corrected chi connectivity index (χ2v) is 5.75. The van der Waals surface area contributed by atoms with E-state index in [0.29, 0.717) is 5.69 Å². The van der Waals surface area contributed by atoms with Crippen molar-refractivity contribution in [1.29, 1.82) is 0 Å². The predicted octanol–water partition coefficient (Wildman–Crippen LogP) is 6.55. The lowest BCUT2D eigenvalue weighted by atomic mass is 10.1. The lowest BCUT2D eigenvalue weighted by Gasteiger charge is -2.00. The highest BCUT2D eigenvalue weighted by Gasteiger charge is 1.92. The summed E-state index contributed by atoms with van der Waals surface area (Å²) in [6.45, 7) is 3.04. The van der Waals surface area contributed by atoms with Crippen molar-refractivity contribution in [2.75, 3.05) is 6.54 Å². The number of unbranched alkanes of at least 4 members (excludes halogenated alkanes) is 9. The molecule has 0 heterocycles. The van der Waals surface area contributed by atoms with Crippen molar-refractivity contribution in [2.24, 2.45) is 9.98 Å². The van der Waals surface area contributed by atoms with E-state index >= 15 is 0 Å². The Balaban J connectivity index is 1.94. The summed E-state index contributed by atoms with van der Waals surface area (Å²) < 4.78 is 12.7. The van der Waals surface area contributed by atoms with Crippen LogP contribution in [0.2, 0.25) is 0 Å². The van der Waals surface area contributed by atoms with Gasteiger partial charge in [0, 0.05) is 6.54 Å². The molecule has 1 aromatic carbocycles. The van der Waals surface area contributed by atoms with Crippen LogP contribution in [-0.2, 0) is 0 Å². The standard InChI is InChI=1S/C19H29FN2/c1-2-3-4-5-6-7-8-9-10-11-16-21-17-22-19-14-12-18(20)13-15-19/h12-15H,2-11,16H2,1H3. The van der Waals surface area contributed by atoms with Gasteiger partial charge in [-0.1, -0.05) is 64.7 Å². The Morgan fingerprint density at radius 2 is 1.36 bits per heavy atom. The first-order valence-electron chi connectivity index (χ1n) is 8.70. The van der Waals surface area contributed by atoms with Crippen LogP contribution in [0, 0.1) is 5.82 Å². The molecule has 2 nitrogen and oxygen atoms in total. The van der Waals surface area contributed by atoms with Gasteiger partial charge < -0.3 is 0 Å². The largest absolute Gasteiger partial charge is 0.225 e. The molecule has 122 valence electrons. The van der Waals surface area contributed by atoms with E-state index < -0.39 is 0 Å². The third kappa shape index (κ3) is 10.3. The number of aliphatic imine (C=N–C) groups is 2. The first-order valence-corrected chi connectivity index (χ1v) is 8.70. The highest BCUT2D eigenvalue weighted by molar-refractivity contribution is 5.51. The number of hydrogen-bond donors (Lipinski definition) is 0. The highest BCUT2D eigenvalue weighted by atomic mass is 19.1. The maximum Gasteiger partial charge on any atom is 0.123 e. The highest BCUT2D eigenvalue weighted by Crippen LogP contribution is 2.11. The molecule has 0 aliphatic carbocycles. The minimum absolute atomic E-state index is 0.249. The first kappa shape index (κ1) is 18.6. The van der Waals surface area contributed by atoms with Gasteiger partial charge >= 0.3 is 0 Å². The van der Waals surface area contributed by atoms with Crippen LogP contribution in [0.25, 0.3) is 0 Å². The van der Waals surface area contributed by atoms with Gasteiger partial charge in [0.15, 0.2) is 0 Å². The molecule has 0 unspecified atom stereocenters. The molecule has 0 bridgehead atoms. The molecule has 0 radical (unpaired) electrons. The molecular formula is C19H29FN2. The molecule has 0 N–H and O–H groups in total. The quantitative estimate of drug-likeness (QED) is 0.309. The summed E-state index contributed by atoms with van der Waals surface area (Å²) >= 11 is 0. The Kier molecular flexibility index (Phi) is 11.2. The number of rotatable bonds is 12. The zero-order valence-corrected chi connectivity index (χ0v) is 13.9. The molecule has 1 rings (SSSR count). The van der Waals surface area contributed by atoms with Crippen LogP contribution in [0.1, 0.15) is 71.1 Å². The van der Waals surface area contributed by atoms with Crippen LogP contribution in [0.5, 0.6) is 0 Å². The summed E-state index contributed by atoms with van der Waals surface area (Å²) in [5.41, 5.74) is 0.688. The van der Waals surface area contributed by atoms with E-state index in [9.17, 15) is 4.39 Å². The van der Waals surface area contributed by atoms with Gasteiger partial charge in [-0.05, 0) is 30.7 Å². The zero-order valence-electron chi connectivity index (χ0n) is 13.9. The summed E-state index contributed by atoms with van der Waals surface area (Å²) in [6.07, 6.45) is 13.3. The molecule has 0 aromatic heterocycles. The van der Waals surface area contributed by atoms with E-state index in [-0.39, 0.29) is 5.82 Å². The van der Waals surface area contributed by atoms with Crippen LogP contribution in [0.15, 0.2) is 34.3 Å². The Hall–Kier alpha value is -1.47. The fraction of sp³-hybridized carbons (Fsp3) is 0.632. The normalized spacial score (nSPS) is 10.3. The molecule has 0 aliphatic rings. The van der Waals surface area contributed by atoms with Gasteiger partial charge in [-0.25, -0.2) is 9.38 Å². The average Bonchev–Trinajstić information content (AvgIpc) is 2.53. The monoisotopic (exact) mass is 304 g/mol. The lowest BCUT2D eigenvalue weighted by molar-refractivity contribution is 0.558. The van der Waals surface area contributed by atoms with Crippen molar-refractivity contribution in [1.82, 2.24) is 0 Å². The maximum atomic E-state index is 12.7. The van der Waals surface area contributed by atoms with E-state index in [0.717, 1.165) is 13.0 Å². The molecule has 0 amide bonds. The van der Waals surface area contributed by atoms with E-state index in [2.05, 4.69) is 22.9 Å². The minimum atomic E-state index is -0.249. The van der Waals surface area contributed by atoms with Crippen LogP contribution >= 0.6 is 0 Å². The lowest BCUT2D eigenvalue weighted by Crippen LogP contribution is -1.84. The van der Waals surface area contributed by atoms with Gasteiger partial charge in [0.25, 0.3) is 0 Å². The molecule has 3 heteroatoms. The number of halogens is 1. The predicted molar refractivity (Wildman–Crippen MR) is 92.6 cm³/mol. The summed E-state index contributed by atoms with van der Waals surface area (Å²) in [7, 11) is 0. The molecule has 1 aromatic rings. The van der Waals surface area contributed by atoms with Gasteiger partial charge in [-0.2, -0.15) is 4.99 Å². The summed E-state index contributed by atoms with van der Waals surface area (Å²) in [6, 6.07) is 8.71. The Bertz CT molecular complexity index is 433. The second-order valence-electron chi connectivity index (χ2n) is 5.75. The maximum absolute atomic E-state index is 12.7. The molecule has 0 atom stereocenters. The number of hydrogen-bond acceptors (Lipinski definition) is 2. The van der Waals surface area contributed by atoms with Gasteiger partial charge in [-0.3, -0.25) is 0 Å². The summed E-state index contributed by atoms with van der Waals surface area (Å²) in [5, 5.41) is 0. The van der Waals surface area contributed by atoms with Gasteiger partial charge in [0.1, 0.15) is 5.82 Å². The molecule has 0 spiro atoms. The van der Waals surface area contributed by atoms with Crippen molar-refractivity contribution in [3.05, 3.63) is 30.1 Å². The Labute approximate surface area is 134 Å². The third-order valence-corrected chi connectivity index (χ3v) is 3.70. The van der Waals surface area contributed by atoms with Crippen molar-refractivity contribution in [3.63, 3.8) is 0 Å². The zero-order chi connectivity index (χ0) is 15.9. The van der Waals surface area contributed by atoms with E-state index in [1.54, 1.807) is 12.1 Å². The van der Waals surface area contributed by atoms with Crippen LogP contribution in [0.4, 0.5) is 10.1 Å². The summed E-state index contributed by atoms with van der Waals surface area (Å²) in [4.78, 5) is 8.19. The molecular weight excluding hydrogens is 275 g/mol. The fourth-order valence-corrected chi connectivity index (χ4v) is 2.34. The molecule has 22 heavy (non-hydrogen) atoms. The third-order valence-electron chi connectivity index (χ3n) is 3.70. The van der Waals surface area contributed by atoms with E-state index in [1.165, 1.54) is 69.9 Å². The topological polar surface area (TPSA) is 24.7 Å². The van der Waals surface area contributed by atoms with Crippen molar-refractivity contribution >= 4 is 11.7 Å². The number of benzene rings is 1. The molecule has 0 fully saturated rings. The SMILES string of the molecule is CCCCCCCCCCCCN=C=Nc1ccc(F)cc1. The van der Waals surface area contributed by atoms with E-state index in [1.807, 2.05) is 0 Å². The van der Waals surface area contributed by atoms with Gasteiger partial charge in [-0.15, -0.1) is 0 Å².